The van der Waals surface area contributed by atoms with Crippen molar-refractivity contribution in [3.8, 4) is 0 Å². The molecule has 0 radical (unpaired) electrons. The maximum atomic E-state index is 12.0. The molecule has 8 nitrogen and oxygen atoms in total. The number of benzene rings is 1. The zero-order valence-corrected chi connectivity index (χ0v) is 11.3. The Balaban J connectivity index is 2.28. The van der Waals surface area contributed by atoms with E-state index in [1.54, 1.807) is 6.07 Å². The first-order valence-corrected chi connectivity index (χ1v) is 6.27. The zero-order valence-electron chi connectivity index (χ0n) is 11.3. The number of carboxylic acids is 1. The fraction of sp³-hybridized carbons (Fsp3) is 0.143. The van der Waals surface area contributed by atoms with Crippen LogP contribution in [0.3, 0.4) is 0 Å². The molecule has 0 spiro atoms. The number of aliphatic carboxylic acids is 1. The van der Waals surface area contributed by atoms with Gasteiger partial charge in [0.2, 0.25) is 0 Å². The summed E-state index contributed by atoms with van der Waals surface area (Å²) in [6.07, 6.45) is 1.03. The van der Waals surface area contributed by atoms with E-state index < -0.39 is 23.6 Å². The third kappa shape index (κ3) is 2.86. The third-order valence-electron chi connectivity index (χ3n) is 2.97. The van der Waals surface area contributed by atoms with Gasteiger partial charge in [0.15, 0.2) is 0 Å². The number of aliphatic hydroxyl groups excluding tert-OH is 1. The Kier molecular flexibility index (Phi) is 4.33. The van der Waals surface area contributed by atoms with E-state index in [1.165, 1.54) is 18.2 Å². The fourth-order valence-corrected chi connectivity index (χ4v) is 1.96. The van der Waals surface area contributed by atoms with Gasteiger partial charge in [0, 0.05) is 6.08 Å². The maximum Gasteiger partial charge on any atom is 0.377 e. The lowest BCUT2D eigenvalue weighted by Crippen LogP contribution is -2.34. The molecule has 1 aliphatic rings. The minimum atomic E-state index is -1.63. The molecule has 8 heteroatoms. The summed E-state index contributed by atoms with van der Waals surface area (Å²) in [5, 5.41) is 20.2. The second-order valence-electron chi connectivity index (χ2n) is 4.38. The van der Waals surface area contributed by atoms with Crippen LogP contribution in [-0.4, -0.2) is 51.8 Å². The molecular formula is C14H12N2O6. The fourth-order valence-electron chi connectivity index (χ4n) is 1.96. The molecule has 1 aromatic carbocycles. The van der Waals surface area contributed by atoms with Crippen molar-refractivity contribution in [3.63, 3.8) is 0 Å². The lowest BCUT2D eigenvalue weighted by Gasteiger charge is -2.14. The molecule has 0 aromatic heterocycles. The van der Waals surface area contributed by atoms with E-state index in [2.05, 4.69) is 5.32 Å². The number of ketones is 1. The van der Waals surface area contributed by atoms with Gasteiger partial charge >= 0.3 is 5.97 Å². The number of carbonyl (C=O) groups is 4. The van der Waals surface area contributed by atoms with E-state index in [0.29, 0.717) is 0 Å². The van der Waals surface area contributed by atoms with Gasteiger partial charge < -0.3 is 15.5 Å². The van der Waals surface area contributed by atoms with Gasteiger partial charge in [0.05, 0.1) is 24.4 Å². The number of nitrogens with zero attached hydrogens (tertiary/aromatic N) is 1. The van der Waals surface area contributed by atoms with Crippen molar-refractivity contribution in [2.45, 2.75) is 0 Å². The number of nitrogens with one attached hydrogen (secondary N) is 1. The van der Waals surface area contributed by atoms with Crippen molar-refractivity contribution in [2.75, 3.05) is 18.5 Å². The van der Waals surface area contributed by atoms with Crippen LogP contribution in [0.5, 0.6) is 0 Å². The standard InChI is InChI=1S/C14H12N2O6/c17-6-5-16-11(18)7-10(13(16)20)15-9-4-2-1-3-8(9)12(19)14(21)22/h1-4,7,15,17H,5-6H2,(H,21,22). The number of para-hydroxylation sites is 1. The first kappa shape index (κ1) is 15.4. The number of anilines is 1. The summed E-state index contributed by atoms with van der Waals surface area (Å²) in [5.74, 6) is -4.01. The number of rotatable bonds is 6. The molecule has 0 bridgehead atoms. The highest BCUT2D eigenvalue weighted by Gasteiger charge is 2.31. The number of carboxylic acid groups (broad SMARTS) is 1. The number of carbonyl (C=O) groups excluding carboxylic acids is 3. The number of β-amino-alcohol motifs (C(OH)–C–C–N with tert-alkyl or cyclic N) is 1. The van der Waals surface area contributed by atoms with Crippen LogP contribution in [0.4, 0.5) is 5.69 Å². The normalized spacial score (nSPS) is 14.0. The lowest BCUT2D eigenvalue weighted by molar-refractivity contribution is -0.137. The monoisotopic (exact) mass is 304 g/mol. The molecule has 1 aliphatic heterocycles. The molecule has 0 atom stereocenters. The Bertz CT molecular complexity index is 694. The van der Waals surface area contributed by atoms with Crippen LogP contribution in [0.15, 0.2) is 36.0 Å². The van der Waals surface area contributed by atoms with Gasteiger partial charge in [0.1, 0.15) is 5.70 Å². The molecule has 22 heavy (non-hydrogen) atoms. The van der Waals surface area contributed by atoms with Gasteiger partial charge in [-0.3, -0.25) is 19.3 Å². The van der Waals surface area contributed by atoms with E-state index in [4.69, 9.17) is 10.2 Å². The molecule has 0 fully saturated rings. The van der Waals surface area contributed by atoms with Gasteiger partial charge in [-0.1, -0.05) is 12.1 Å². The Morgan fingerprint density at radius 3 is 2.50 bits per heavy atom. The Morgan fingerprint density at radius 1 is 1.18 bits per heavy atom. The minimum absolute atomic E-state index is 0.0934. The van der Waals surface area contributed by atoms with Crippen molar-refractivity contribution >= 4 is 29.3 Å². The first-order chi connectivity index (χ1) is 10.5. The van der Waals surface area contributed by atoms with Crippen LogP contribution in [0.1, 0.15) is 10.4 Å². The van der Waals surface area contributed by atoms with E-state index in [1.807, 2.05) is 0 Å². The highest BCUT2D eigenvalue weighted by atomic mass is 16.4. The summed E-state index contributed by atoms with van der Waals surface area (Å²) in [4.78, 5) is 46.8. The Hall–Kier alpha value is -3.00. The van der Waals surface area contributed by atoms with Crippen molar-refractivity contribution in [3.05, 3.63) is 41.6 Å². The minimum Gasteiger partial charge on any atom is -0.475 e. The van der Waals surface area contributed by atoms with E-state index in [9.17, 15) is 19.2 Å². The van der Waals surface area contributed by atoms with Crippen molar-refractivity contribution in [2.24, 2.45) is 0 Å². The summed E-state index contributed by atoms with van der Waals surface area (Å²) in [7, 11) is 0. The largest absolute Gasteiger partial charge is 0.475 e. The van der Waals surface area contributed by atoms with Crippen LogP contribution in [0.2, 0.25) is 0 Å². The Morgan fingerprint density at radius 2 is 1.86 bits per heavy atom. The van der Waals surface area contributed by atoms with Crippen LogP contribution in [-0.2, 0) is 14.4 Å². The highest BCUT2D eigenvalue weighted by molar-refractivity contribution is 6.41. The van der Waals surface area contributed by atoms with Crippen molar-refractivity contribution < 1.29 is 29.4 Å². The number of Topliss-reactive ketones (excluding diaryl/α,β-unsaturated/α-hetero) is 1. The van der Waals surface area contributed by atoms with Gasteiger partial charge in [-0.2, -0.15) is 0 Å². The topological polar surface area (TPSA) is 124 Å². The van der Waals surface area contributed by atoms with Crippen LogP contribution in [0, 0.1) is 0 Å². The van der Waals surface area contributed by atoms with E-state index in [-0.39, 0.29) is 30.1 Å². The number of amides is 2. The summed E-state index contributed by atoms with van der Waals surface area (Å²) < 4.78 is 0. The summed E-state index contributed by atoms with van der Waals surface area (Å²) >= 11 is 0. The smallest absolute Gasteiger partial charge is 0.377 e. The number of imide groups is 1. The molecule has 0 unspecified atom stereocenters. The quantitative estimate of drug-likeness (QED) is 0.371. The maximum absolute atomic E-state index is 12.0. The zero-order chi connectivity index (χ0) is 16.3. The molecule has 2 amide bonds. The number of aliphatic hydroxyl groups is 1. The highest BCUT2D eigenvalue weighted by Crippen LogP contribution is 2.21. The van der Waals surface area contributed by atoms with E-state index >= 15 is 0 Å². The van der Waals surface area contributed by atoms with Crippen LogP contribution >= 0.6 is 0 Å². The molecular weight excluding hydrogens is 292 g/mol. The summed E-state index contributed by atoms with van der Waals surface area (Å²) in [6.45, 7) is -0.512. The average molecular weight is 304 g/mol. The van der Waals surface area contributed by atoms with Crippen LogP contribution < -0.4 is 5.32 Å². The molecule has 0 aliphatic carbocycles. The molecule has 2 rings (SSSR count). The van der Waals surface area contributed by atoms with Gasteiger partial charge in [-0.15, -0.1) is 0 Å². The van der Waals surface area contributed by atoms with E-state index in [0.717, 1.165) is 11.0 Å². The van der Waals surface area contributed by atoms with Crippen LogP contribution in [0.25, 0.3) is 0 Å². The molecule has 1 heterocycles. The lowest BCUT2D eigenvalue weighted by atomic mass is 10.1. The van der Waals surface area contributed by atoms with Gasteiger partial charge in [-0.05, 0) is 12.1 Å². The first-order valence-electron chi connectivity index (χ1n) is 6.27. The van der Waals surface area contributed by atoms with Crippen molar-refractivity contribution in [1.82, 2.24) is 4.90 Å². The molecule has 3 N–H and O–H groups in total. The predicted molar refractivity (Wildman–Crippen MR) is 73.9 cm³/mol. The summed E-state index contributed by atoms with van der Waals surface area (Å²) in [6, 6.07) is 5.75. The third-order valence-corrected chi connectivity index (χ3v) is 2.97. The molecule has 114 valence electrons. The average Bonchev–Trinajstić information content (AvgIpc) is 2.75. The van der Waals surface area contributed by atoms with Crippen molar-refractivity contribution in [1.29, 1.82) is 0 Å². The molecule has 1 aromatic rings. The second-order valence-corrected chi connectivity index (χ2v) is 4.38. The predicted octanol–water partition coefficient (Wildman–Crippen LogP) is -0.389. The number of hydrogen-bond donors (Lipinski definition) is 3. The number of hydrogen-bond acceptors (Lipinski definition) is 6. The Labute approximate surface area is 124 Å². The molecule has 0 saturated carbocycles. The SMILES string of the molecule is O=C(O)C(=O)c1ccccc1NC1=CC(=O)N(CCO)C1=O. The summed E-state index contributed by atoms with van der Waals surface area (Å²) in [5.41, 5.74) is -0.117. The molecule has 0 saturated heterocycles. The van der Waals surface area contributed by atoms with Gasteiger partial charge in [-0.25, -0.2) is 4.79 Å². The second kappa shape index (κ2) is 6.19. The van der Waals surface area contributed by atoms with Gasteiger partial charge in [0.25, 0.3) is 17.6 Å².